The van der Waals surface area contributed by atoms with Crippen molar-refractivity contribution >= 4 is 22.0 Å². The number of nitrogens with one attached hydrogen (secondary N) is 1. The summed E-state index contributed by atoms with van der Waals surface area (Å²) in [5.41, 5.74) is 0.931. The Morgan fingerprint density at radius 3 is 2.33 bits per heavy atom. The van der Waals surface area contributed by atoms with Gasteiger partial charge in [0.1, 0.15) is 18.8 Å². The van der Waals surface area contributed by atoms with Crippen LogP contribution in [0.1, 0.15) is 57.9 Å². The molecule has 184 valence electrons. The summed E-state index contributed by atoms with van der Waals surface area (Å²) in [5, 5.41) is 0. The lowest BCUT2D eigenvalue weighted by Gasteiger charge is -2.42. The van der Waals surface area contributed by atoms with Crippen molar-refractivity contribution in [3.05, 3.63) is 29.8 Å². The van der Waals surface area contributed by atoms with Crippen LogP contribution in [0.5, 0.6) is 0 Å². The van der Waals surface area contributed by atoms with Crippen molar-refractivity contribution in [3.63, 3.8) is 0 Å². The molecule has 2 fully saturated rings. The van der Waals surface area contributed by atoms with E-state index in [1.165, 1.54) is 26.0 Å². The van der Waals surface area contributed by atoms with Gasteiger partial charge in [0.25, 0.3) is 0 Å². The van der Waals surface area contributed by atoms with E-state index >= 15 is 0 Å². The van der Waals surface area contributed by atoms with Crippen LogP contribution < -0.4 is 4.72 Å². The molecule has 9 nitrogen and oxygen atoms in total. The first-order valence-corrected chi connectivity index (χ1v) is 12.8. The molecule has 0 bridgehead atoms. The second-order valence-corrected chi connectivity index (χ2v) is 10.4. The molecule has 0 amide bonds. The van der Waals surface area contributed by atoms with Gasteiger partial charge in [-0.1, -0.05) is 37.0 Å². The third-order valence-corrected chi connectivity index (χ3v) is 7.33. The predicted molar refractivity (Wildman–Crippen MR) is 119 cm³/mol. The minimum atomic E-state index is -3.92. The van der Waals surface area contributed by atoms with Crippen LogP contribution in [-0.4, -0.2) is 57.6 Å². The second-order valence-electron chi connectivity index (χ2n) is 8.65. The molecule has 1 aliphatic carbocycles. The highest BCUT2D eigenvalue weighted by Gasteiger charge is 2.44. The van der Waals surface area contributed by atoms with Crippen LogP contribution in [0.3, 0.4) is 0 Å². The molecule has 1 N–H and O–H groups in total. The minimum absolute atomic E-state index is 0.0118. The zero-order chi connectivity index (χ0) is 24.0. The minimum Gasteiger partial charge on any atom is -0.463 e. The SMILES string of the molecule is CC(=O)OC[C@H]1O[C@H](OC2CCCCC2)C[C@H](NS(=O)(=O)c2ccc(C)cc2)[C@H]1OC(C)=O. The van der Waals surface area contributed by atoms with Crippen LogP contribution in [0.4, 0.5) is 0 Å². The van der Waals surface area contributed by atoms with Gasteiger partial charge in [-0.15, -0.1) is 0 Å². The quantitative estimate of drug-likeness (QED) is 0.561. The summed E-state index contributed by atoms with van der Waals surface area (Å²) in [7, 11) is -3.92. The summed E-state index contributed by atoms with van der Waals surface area (Å²) >= 11 is 0. The summed E-state index contributed by atoms with van der Waals surface area (Å²) in [4.78, 5) is 23.3. The van der Waals surface area contributed by atoms with Crippen molar-refractivity contribution in [1.82, 2.24) is 4.72 Å². The van der Waals surface area contributed by atoms with Crippen LogP contribution in [-0.2, 0) is 38.6 Å². The molecule has 2 aliphatic rings. The third kappa shape index (κ3) is 7.49. The molecular weight excluding hydrogens is 450 g/mol. The van der Waals surface area contributed by atoms with E-state index in [-0.39, 0.29) is 24.0 Å². The normalized spacial score (nSPS) is 26.5. The van der Waals surface area contributed by atoms with Gasteiger partial charge in [-0.3, -0.25) is 9.59 Å². The van der Waals surface area contributed by atoms with E-state index in [9.17, 15) is 18.0 Å². The molecule has 4 atom stereocenters. The van der Waals surface area contributed by atoms with Gasteiger partial charge in [-0.25, -0.2) is 13.1 Å². The number of esters is 2. The molecule has 0 aromatic heterocycles. The summed E-state index contributed by atoms with van der Waals surface area (Å²) in [5.74, 6) is -1.12. The lowest BCUT2D eigenvalue weighted by Crippen LogP contribution is -2.59. The highest BCUT2D eigenvalue weighted by molar-refractivity contribution is 7.89. The van der Waals surface area contributed by atoms with Crippen LogP contribution >= 0.6 is 0 Å². The largest absolute Gasteiger partial charge is 0.463 e. The van der Waals surface area contributed by atoms with Crippen LogP contribution in [0.15, 0.2) is 29.2 Å². The Morgan fingerprint density at radius 1 is 1.06 bits per heavy atom. The Bertz CT molecular complexity index is 911. The number of carbonyl (C=O) groups excluding carboxylic acids is 2. The lowest BCUT2D eigenvalue weighted by atomic mass is 9.96. The number of hydrogen-bond donors (Lipinski definition) is 1. The second kappa shape index (κ2) is 11.4. The predicted octanol–water partition coefficient (Wildman–Crippen LogP) is 2.60. The van der Waals surface area contributed by atoms with Crippen molar-refractivity contribution in [3.8, 4) is 0 Å². The summed E-state index contributed by atoms with van der Waals surface area (Å²) in [6.45, 7) is 4.17. The average molecular weight is 484 g/mol. The number of sulfonamides is 1. The number of hydrogen-bond acceptors (Lipinski definition) is 8. The van der Waals surface area contributed by atoms with E-state index < -0.39 is 46.5 Å². The monoisotopic (exact) mass is 483 g/mol. The number of aryl methyl sites for hydroxylation is 1. The number of ether oxygens (including phenoxy) is 4. The molecule has 1 heterocycles. The molecule has 1 saturated heterocycles. The molecule has 1 saturated carbocycles. The molecule has 0 radical (unpaired) electrons. The van der Waals surface area contributed by atoms with E-state index in [2.05, 4.69) is 4.72 Å². The van der Waals surface area contributed by atoms with E-state index in [0.717, 1.165) is 37.7 Å². The Balaban J connectivity index is 1.84. The maximum atomic E-state index is 13.1. The van der Waals surface area contributed by atoms with Crippen LogP contribution in [0.25, 0.3) is 0 Å². The molecule has 0 spiro atoms. The van der Waals surface area contributed by atoms with Crippen molar-refractivity contribution in [2.75, 3.05) is 6.61 Å². The van der Waals surface area contributed by atoms with Crippen LogP contribution in [0, 0.1) is 6.92 Å². The van der Waals surface area contributed by atoms with Gasteiger partial charge in [0.2, 0.25) is 10.0 Å². The van der Waals surface area contributed by atoms with Gasteiger partial charge in [0.05, 0.1) is 17.0 Å². The zero-order valence-electron chi connectivity index (χ0n) is 19.3. The first-order valence-electron chi connectivity index (χ1n) is 11.3. The first-order chi connectivity index (χ1) is 15.6. The highest BCUT2D eigenvalue weighted by atomic mass is 32.2. The van der Waals surface area contributed by atoms with Crippen molar-refractivity contribution in [2.24, 2.45) is 0 Å². The molecule has 10 heteroatoms. The molecule has 1 aliphatic heterocycles. The molecular formula is C23H33NO8S. The maximum Gasteiger partial charge on any atom is 0.303 e. The average Bonchev–Trinajstić information content (AvgIpc) is 2.74. The summed E-state index contributed by atoms with van der Waals surface area (Å²) < 4.78 is 51.6. The van der Waals surface area contributed by atoms with E-state index in [4.69, 9.17) is 18.9 Å². The van der Waals surface area contributed by atoms with Gasteiger partial charge in [-0.05, 0) is 31.9 Å². The molecule has 3 rings (SSSR count). The van der Waals surface area contributed by atoms with Gasteiger partial charge >= 0.3 is 11.9 Å². The highest BCUT2D eigenvalue weighted by Crippen LogP contribution is 2.30. The van der Waals surface area contributed by atoms with Crippen molar-refractivity contribution < 1.29 is 37.0 Å². The van der Waals surface area contributed by atoms with Gasteiger partial charge in [0, 0.05) is 20.3 Å². The van der Waals surface area contributed by atoms with Crippen molar-refractivity contribution in [1.29, 1.82) is 0 Å². The third-order valence-electron chi connectivity index (χ3n) is 5.82. The summed E-state index contributed by atoms with van der Waals surface area (Å²) in [6, 6.07) is 5.62. The first kappa shape index (κ1) is 25.6. The Kier molecular flexibility index (Phi) is 8.86. The molecule has 1 aromatic carbocycles. The number of carbonyl (C=O) groups is 2. The Labute approximate surface area is 195 Å². The van der Waals surface area contributed by atoms with Gasteiger partial charge < -0.3 is 18.9 Å². The maximum absolute atomic E-state index is 13.1. The van der Waals surface area contributed by atoms with Crippen molar-refractivity contribution in [2.45, 2.75) is 94.8 Å². The number of rotatable bonds is 8. The standard InChI is InChI=1S/C23H33NO8S/c1-15-9-11-19(12-10-15)33(27,28)24-20-13-22(31-18-7-5-4-6-8-18)32-21(14-29-16(2)25)23(20)30-17(3)26/h9-12,18,20-24H,4-8,13-14H2,1-3H3/t20-,21+,22-,23+/m0/s1. The van der Waals surface area contributed by atoms with E-state index in [0.29, 0.717) is 0 Å². The summed E-state index contributed by atoms with van der Waals surface area (Å²) in [6.07, 6.45) is 2.65. The fourth-order valence-electron chi connectivity index (χ4n) is 4.22. The lowest BCUT2D eigenvalue weighted by molar-refractivity contribution is -0.258. The van der Waals surface area contributed by atoms with Gasteiger partial charge in [-0.2, -0.15) is 0 Å². The molecule has 0 unspecified atom stereocenters. The fourth-order valence-corrected chi connectivity index (χ4v) is 5.47. The van der Waals surface area contributed by atoms with Crippen LogP contribution in [0.2, 0.25) is 0 Å². The zero-order valence-corrected chi connectivity index (χ0v) is 20.1. The Hall–Kier alpha value is -2.01. The Morgan fingerprint density at radius 2 is 1.73 bits per heavy atom. The molecule has 1 aromatic rings. The van der Waals surface area contributed by atoms with Gasteiger partial charge in [0.15, 0.2) is 6.29 Å². The topological polar surface area (TPSA) is 117 Å². The molecule has 33 heavy (non-hydrogen) atoms. The fraction of sp³-hybridized carbons (Fsp3) is 0.652. The van der Waals surface area contributed by atoms with E-state index in [1.807, 2.05) is 6.92 Å². The smallest absolute Gasteiger partial charge is 0.303 e. The number of benzene rings is 1. The van der Waals surface area contributed by atoms with E-state index in [1.54, 1.807) is 12.1 Å².